The van der Waals surface area contributed by atoms with E-state index in [-0.39, 0.29) is 38.4 Å². The van der Waals surface area contributed by atoms with Gasteiger partial charge in [0.2, 0.25) is 11.8 Å². The first-order valence-electron chi connectivity index (χ1n) is 3.31. The molecule has 0 heterocycles. The summed E-state index contributed by atoms with van der Waals surface area (Å²) in [5.41, 5.74) is 10.3. The van der Waals surface area contributed by atoms with Gasteiger partial charge in [0.05, 0.1) is 11.1 Å². The fraction of sp³-hybridized carbons (Fsp3) is 0. The molecule has 0 saturated heterocycles. The summed E-state index contributed by atoms with van der Waals surface area (Å²) in [7, 11) is 0. The molecule has 1 rings (SSSR count). The standard InChI is InChI=1S/C8H8N2O2.Pb/c9-7(11)5-3-1-2-4-6(5)8(10)12;/h1-4H,(H2,9,11)(H2,10,12);. The maximum atomic E-state index is 10.7. The number of hydrogen-bond donors (Lipinski definition) is 2. The van der Waals surface area contributed by atoms with Gasteiger partial charge in [-0.05, 0) is 12.1 Å². The van der Waals surface area contributed by atoms with Crippen LogP contribution in [0.3, 0.4) is 0 Å². The average molecular weight is 371 g/mol. The molecule has 0 unspecified atom stereocenters. The molecular formula is C8H8N2O2Pb. The Morgan fingerprint density at radius 3 is 1.46 bits per heavy atom. The molecule has 4 N–H and O–H groups in total. The Bertz CT molecular complexity index is 306. The Labute approximate surface area is 95.4 Å². The van der Waals surface area contributed by atoms with Gasteiger partial charge in [-0.3, -0.25) is 9.59 Å². The van der Waals surface area contributed by atoms with Crippen molar-refractivity contribution in [2.75, 3.05) is 0 Å². The van der Waals surface area contributed by atoms with Crippen molar-refractivity contribution in [2.45, 2.75) is 0 Å². The quantitative estimate of drug-likeness (QED) is 0.687. The number of primary amides is 2. The summed E-state index contributed by atoms with van der Waals surface area (Å²) < 4.78 is 0. The molecule has 1 aromatic carbocycles. The molecule has 0 aliphatic rings. The van der Waals surface area contributed by atoms with Crippen LogP contribution >= 0.6 is 0 Å². The second-order valence-electron chi connectivity index (χ2n) is 2.27. The molecule has 0 aromatic heterocycles. The van der Waals surface area contributed by atoms with Crippen molar-refractivity contribution >= 4 is 39.1 Å². The molecule has 0 bridgehead atoms. The molecule has 66 valence electrons. The largest absolute Gasteiger partial charge is 0.366 e. The van der Waals surface area contributed by atoms with Gasteiger partial charge in [0.1, 0.15) is 0 Å². The molecule has 0 saturated carbocycles. The van der Waals surface area contributed by atoms with Crippen LogP contribution in [0.5, 0.6) is 0 Å². The molecular weight excluding hydrogens is 363 g/mol. The Kier molecular flexibility index (Phi) is 4.60. The molecule has 5 heteroatoms. The van der Waals surface area contributed by atoms with Crippen molar-refractivity contribution in [3.8, 4) is 0 Å². The van der Waals surface area contributed by atoms with Crippen LogP contribution in [0.2, 0.25) is 0 Å². The summed E-state index contributed by atoms with van der Waals surface area (Å²) in [6, 6.07) is 6.16. The van der Waals surface area contributed by atoms with Gasteiger partial charge < -0.3 is 11.5 Å². The molecule has 0 atom stereocenters. The van der Waals surface area contributed by atoms with Crippen molar-refractivity contribution in [2.24, 2.45) is 11.5 Å². The second kappa shape index (κ2) is 4.95. The van der Waals surface area contributed by atoms with E-state index in [0.717, 1.165) is 0 Å². The Balaban J connectivity index is 0.00000144. The third kappa shape index (κ3) is 2.80. The van der Waals surface area contributed by atoms with Gasteiger partial charge in [-0.15, -0.1) is 0 Å². The second-order valence-corrected chi connectivity index (χ2v) is 2.27. The first kappa shape index (κ1) is 12.1. The van der Waals surface area contributed by atoms with E-state index in [0.29, 0.717) is 0 Å². The fourth-order valence-electron chi connectivity index (χ4n) is 0.913. The summed E-state index contributed by atoms with van der Waals surface area (Å²) in [5.74, 6) is -1.30. The third-order valence-corrected chi connectivity index (χ3v) is 1.46. The number of nitrogens with two attached hydrogens (primary N) is 2. The van der Waals surface area contributed by atoms with E-state index in [2.05, 4.69) is 0 Å². The minimum absolute atomic E-state index is 0. The van der Waals surface area contributed by atoms with Crippen LogP contribution in [0.4, 0.5) is 0 Å². The Hall–Kier alpha value is -0.918. The number of rotatable bonds is 2. The Morgan fingerprint density at radius 1 is 0.923 bits per heavy atom. The summed E-state index contributed by atoms with van der Waals surface area (Å²) in [6.45, 7) is 0. The van der Waals surface area contributed by atoms with E-state index in [9.17, 15) is 9.59 Å². The minimum atomic E-state index is -0.649. The summed E-state index contributed by atoms with van der Waals surface area (Å²) in [6.07, 6.45) is 0. The van der Waals surface area contributed by atoms with Crippen molar-refractivity contribution in [3.05, 3.63) is 35.4 Å². The number of hydrogen-bond acceptors (Lipinski definition) is 2. The van der Waals surface area contributed by atoms with Crippen LogP contribution in [0.25, 0.3) is 0 Å². The normalized spacial score (nSPS) is 8.62. The molecule has 0 spiro atoms. The summed E-state index contributed by atoms with van der Waals surface area (Å²) >= 11 is 0. The van der Waals surface area contributed by atoms with Crippen molar-refractivity contribution in [1.29, 1.82) is 0 Å². The van der Waals surface area contributed by atoms with Crippen molar-refractivity contribution < 1.29 is 9.59 Å². The summed E-state index contributed by atoms with van der Waals surface area (Å²) in [5, 5.41) is 0. The van der Waals surface area contributed by atoms with Crippen molar-refractivity contribution in [1.82, 2.24) is 0 Å². The maximum absolute atomic E-state index is 10.7. The van der Waals surface area contributed by atoms with Gasteiger partial charge in [0, 0.05) is 27.3 Å². The van der Waals surface area contributed by atoms with Gasteiger partial charge in [0.25, 0.3) is 0 Å². The SMILES string of the molecule is NC(=O)c1ccccc1C(N)=O.[Pb]. The van der Waals surface area contributed by atoms with Gasteiger partial charge in [-0.1, -0.05) is 12.1 Å². The van der Waals surface area contributed by atoms with E-state index in [1.807, 2.05) is 0 Å². The number of carbonyl (C=O) groups is 2. The topological polar surface area (TPSA) is 86.2 Å². The molecule has 1 aromatic rings. The molecule has 2 amide bonds. The van der Waals surface area contributed by atoms with E-state index in [1.54, 1.807) is 12.1 Å². The number of benzene rings is 1. The number of carbonyl (C=O) groups excluding carboxylic acids is 2. The maximum Gasteiger partial charge on any atom is 0.249 e. The van der Waals surface area contributed by atoms with Crippen LogP contribution in [0.1, 0.15) is 20.7 Å². The van der Waals surface area contributed by atoms with E-state index >= 15 is 0 Å². The van der Waals surface area contributed by atoms with Crippen LogP contribution in [-0.2, 0) is 0 Å². The van der Waals surface area contributed by atoms with E-state index in [1.165, 1.54) is 12.1 Å². The Morgan fingerprint density at radius 2 is 1.23 bits per heavy atom. The van der Waals surface area contributed by atoms with Gasteiger partial charge in [0.15, 0.2) is 0 Å². The molecule has 0 aliphatic heterocycles. The van der Waals surface area contributed by atoms with Gasteiger partial charge in [-0.2, -0.15) is 0 Å². The van der Waals surface area contributed by atoms with Crippen LogP contribution in [0, 0.1) is 0 Å². The smallest absolute Gasteiger partial charge is 0.249 e. The molecule has 4 nitrogen and oxygen atoms in total. The zero-order valence-electron chi connectivity index (χ0n) is 6.78. The van der Waals surface area contributed by atoms with Gasteiger partial charge >= 0.3 is 0 Å². The van der Waals surface area contributed by atoms with Crippen LogP contribution in [0.15, 0.2) is 24.3 Å². The predicted molar refractivity (Wildman–Crippen MR) is 49.2 cm³/mol. The zero-order valence-corrected chi connectivity index (χ0v) is 10.7. The van der Waals surface area contributed by atoms with E-state index < -0.39 is 11.8 Å². The molecule has 0 fully saturated rings. The van der Waals surface area contributed by atoms with Crippen LogP contribution < -0.4 is 11.5 Å². The minimum Gasteiger partial charge on any atom is -0.366 e. The number of amides is 2. The first-order valence-corrected chi connectivity index (χ1v) is 3.31. The first-order chi connectivity index (χ1) is 5.63. The molecule has 13 heavy (non-hydrogen) atoms. The predicted octanol–water partition coefficient (Wildman–Crippen LogP) is -0.496. The molecule has 0 aliphatic carbocycles. The summed E-state index contributed by atoms with van der Waals surface area (Å²) in [4.78, 5) is 21.5. The average Bonchev–Trinajstić information content (AvgIpc) is 2.04. The zero-order chi connectivity index (χ0) is 9.14. The fourth-order valence-corrected chi connectivity index (χ4v) is 0.913. The van der Waals surface area contributed by atoms with Gasteiger partial charge in [-0.25, -0.2) is 0 Å². The molecule has 4 radical (unpaired) electrons. The van der Waals surface area contributed by atoms with Crippen molar-refractivity contribution in [3.63, 3.8) is 0 Å². The van der Waals surface area contributed by atoms with E-state index in [4.69, 9.17) is 11.5 Å². The van der Waals surface area contributed by atoms with Crippen LogP contribution in [-0.4, -0.2) is 39.1 Å². The monoisotopic (exact) mass is 372 g/mol. The third-order valence-electron chi connectivity index (χ3n) is 1.46.